The van der Waals surface area contributed by atoms with Crippen LogP contribution in [0.1, 0.15) is 21.5 Å². The smallest absolute Gasteiger partial charge is 0.251 e. The van der Waals surface area contributed by atoms with Crippen molar-refractivity contribution in [3.05, 3.63) is 57.5 Å². The Morgan fingerprint density at radius 1 is 1.29 bits per heavy atom. The van der Waals surface area contributed by atoms with Gasteiger partial charge in [0.2, 0.25) is 0 Å². The maximum atomic E-state index is 12.7. The molecule has 0 aliphatic heterocycles. The van der Waals surface area contributed by atoms with Crippen molar-refractivity contribution in [2.75, 3.05) is 0 Å². The molecule has 0 aliphatic carbocycles. The fraction of sp³-hybridized carbons (Fsp3) is 0.154. The SMILES string of the molecule is Cc1cscc1CNC(=O)c1ccc(F)cc1. The topological polar surface area (TPSA) is 29.1 Å². The number of carbonyl (C=O) groups excluding carboxylic acids is 1. The number of hydrogen-bond donors (Lipinski definition) is 1. The van der Waals surface area contributed by atoms with Crippen LogP contribution in [0.4, 0.5) is 4.39 Å². The van der Waals surface area contributed by atoms with E-state index in [1.807, 2.05) is 17.7 Å². The Morgan fingerprint density at radius 3 is 2.59 bits per heavy atom. The quantitative estimate of drug-likeness (QED) is 0.889. The molecule has 0 spiro atoms. The van der Waals surface area contributed by atoms with E-state index in [0.717, 1.165) is 5.56 Å². The summed E-state index contributed by atoms with van der Waals surface area (Å²) >= 11 is 1.61. The van der Waals surface area contributed by atoms with Crippen LogP contribution in [0.2, 0.25) is 0 Å². The van der Waals surface area contributed by atoms with E-state index in [1.165, 1.54) is 29.8 Å². The predicted molar refractivity (Wildman–Crippen MR) is 66.6 cm³/mol. The molecular formula is C13H12FNOS. The lowest BCUT2D eigenvalue weighted by Gasteiger charge is -2.04. The molecule has 2 aromatic rings. The van der Waals surface area contributed by atoms with Gasteiger partial charge < -0.3 is 5.32 Å². The van der Waals surface area contributed by atoms with Crippen molar-refractivity contribution in [2.24, 2.45) is 0 Å². The Bertz CT molecular complexity index is 518. The standard InChI is InChI=1S/C13H12FNOS/c1-9-7-17-8-11(9)6-15-13(16)10-2-4-12(14)5-3-10/h2-5,7-8H,6H2,1H3,(H,15,16). The van der Waals surface area contributed by atoms with E-state index >= 15 is 0 Å². The highest BCUT2D eigenvalue weighted by Crippen LogP contribution is 2.13. The summed E-state index contributed by atoms with van der Waals surface area (Å²) in [6.45, 7) is 2.52. The molecular weight excluding hydrogens is 237 g/mol. The largest absolute Gasteiger partial charge is 0.348 e. The molecule has 2 rings (SSSR count). The van der Waals surface area contributed by atoms with Crippen LogP contribution >= 0.6 is 11.3 Å². The summed E-state index contributed by atoms with van der Waals surface area (Å²) in [5, 5.41) is 6.86. The van der Waals surface area contributed by atoms with Crippen molar-refractivity contribution in [1.82, 2.24) is 5.32 Å². The number of benzene rings is 1. The lowest BCUT2D eigenvalue weighted by molar-refractivity contribution is 0.0951. The lowest BCUT2D eigenvalue weighted by atomic mass is 10.2. The van der Waals surface area contributed by atoms with Gasteiger partial charge in [0.1, 0.15) is 5.82 Å². The van der Waals surface area contributed by atoms with E-state index in [-0.39, 0.29) is 11.7 Å². The number of carbonyl (C=O) groups is 1. The molecule has 0 aliphatic rings. The minimum absolute atomic E-state index is 0.185. The van der Waals surface area contributed by atoms with Crippen molar-refractivity contribution >= 4 is 17.2 Å². The van der Waals surface area contributed by atoms with Crippen molar-refractivity contribution in [3.8, 4) is 0 Å². The number of halogens is 1. The molecule has 1 N–H and O–H groups in total. The van der Waals surface area contributed by atoms with Crippen molar-refractivity contribution < 1.29 is 9.18 Å². The first-order chi connectivity index (χ1) is 8.16. The van der Waals surface area contributed by atoms with Crippen molar-refractivity contribution in [1.29, 1.82) is 0 Å². The Kier molecular flexibility index (Phi) is 3.54. The first kappa shape index (κ1) is 11.8. The molecule has 0 saturated heterocycles. The van der Waals surface area contributed by atoms with Gasteiger partial charge in [-0.3, -0.25) is 4.79 Å². The zero-order valence-corrected chi connectivity index (χ0v) is 10.2. The fourth-order valence-electron chi connectivity index (χ4n) is 1.45. The molecule has 0 unspecified atom stereocenters. The maximum Gasteiger partial charge on any atom is 0.251 e. The molecule has 0 bridgehead atoms. The minimum atomic E-state index is -0.338. The van der Waals surface area contributed by atoms with Gasteiger partial charge in [0.15, 0.2) is 0 Å². The van der Waals surface area contributed by atoms with Gasteiger partial charge in [-0.05, 0) is 53.1 Å². The second-order valence-corrected chi connectivity index (χ2v) is 4.51. The molecule has 1 aromatic heterocycles. The van der Waals surface area contributed by atoms with Crippen molar-refractivity contribution in [3.63, 3.8) is 0 Å². The third kappa shape index (κ3) is 2.91. The normalized spacial score (nSPS) is 10.2. The summed E-state index contributed by atoms with van der Waals surface area (Å²) < 4.78 is 12.7. The van der Waals surface area contributed by atoms with Crippen molar-refractivity contribution in [2.45, 2.75) is 13.5 Å². The summed E-state index contributed by atoms with van der Waals surface area (Å²) in [6.07, 6.45) is 0. The third-order valence-corrected chi connectivity index (χ3v) is 3.42. The average molecular weight is 249 g/mol. The molecule has 2 nitrogen and oxygen atoms in total. The molecule has 0 atom stereocenters. The molecule has 1 heterocycles. The van der Waals surface area contributed by atoms with E-state index < -0.39 is 0 Å². The van der Waals surface area contributed by atoms with Gasteiger partial charge in [0, 0.05) is 12.1 Å². The van der Waals surface area contributed by atoms with Gasteiger partial charge in [-0.1, -0.05) is 0 Å². The molecule has 17 heavy (non-hydrogen) atoms. The zero-order valence-electron chi connectivity index (χ0n) is 9.37. The first-order valence-electron chi connectivity index (χ1n) is 5.22. The summed E-state index contributed by atoms with van der Waals surface area (Å²) in [7, 11) is 0. The average Bonchev–Trinajstić information content (AvgIpc) is 2.73. The zero-order chi connectivity index (χ0) is 12.3. The number of thiophene rings is 1. The highest BCUT2D eigenvalue weighted by Gasteiger charge is 2.06. The van der Waals surface area contributed by atoms with Crippen LogP contribution < -0.4 is 5.32 Å². The van der Waals surface area contributed by atoms with E-state index in [1.54, 1.807) is 11.3 Å². The van der Waals surface area contributed by atoms with Crippen LogP contribution in [0, 0.1) is 12.7 Å². The summed E-state index contributed by atoms with van der Waals surface area (Å²) in [6, 6.07) is 5.52. The van der Waals surface area contributed by atoms with Gasteiger partial charge in [0.25, 0.3) is 5.91 Å². The summed E-state index contributed by atoms with van der Waals surface area (Å²) in [5.74, 6) is -0.522. The highest BCUT2D eigenvalue weighted by atomic mass is 32.1. The van der Waals surface area contributed by atoms with Gasteiger partial charge in [0.05, 0.1) is 0 Å². The Balaban J connectivity index is 1.98. The van der Waals surface area contributed by atoms with Crippen LogP contribution in [0.5, 0.6) is 0 Å². The molecule has 4 heteroatoms. The number of rotatable bonds is 3. The van der Waals surface area contributed by atoms with E-state index in [0.29, 0.717) is 12.1 Å². The molecule has 88 valence electrons. The monoisotopic (exact) mass is 249 g/mol. The Labute approximate surface area is 103 Å². The summed E-state index contributed by atoms with van der Waals surface area (Å²) in [5.41, 5.74) is 2.76. The second-order valence-electron chi connectivity index (χ2n) is 3.77. The van der Waals surface area contributed by atoms with Crippen LogP contribution in [0.25, 0.3) is 0 Å². The first-order valence-corrected chi connectivity index (χ1v) is 6.16. The second kappa shape index (κ2) is 5.10. The van der Waals surface area contributed by atoms with E-state index in [9.17, 15) is 9.18 Å². The molecule has 0 radical (unpaired) electrons. The van der Waals surface area contributed by atoms with Gasteiger partial charge in [-0.25, -0.2) is 4.39 Å². The highest BCUT2D eigenvalue weighted by molar-refractivity contribution is 7.08. The van der Waals surface area contributed by atoms with Gasteiger partial charge >= 0.3 is 0 Å². The van der Waals surface area contributed by atoms with Gasteiger partial charge in [-0.2, -0.15) is 11.3 Å². The Hall–Kier alpha value is -1.68. The van der Waals surface area contributed by atoms with Crippen LogP contribution in [0.15, 0.2) is 35.0 Å². The molecule has 0 fully saturated rings. The lowest BCUT2D eigenvalue weighted by Crippen LogP contribution is -2.22. The minimum Gasteiger partial charge on any atom is -0.348 e. The van der Waals surface area contributed by atoms with Crippen LogP contribution in [-0.2, 0) is 6.54 Å². The van der Waals surface area contributed by atoms with Crippen LogP contribution in [0.3, 0.4) is 0 Å². The third-order valence-electron chi connectivity index (χ3n) is 2.51. The maximum absolute atomic E-state index is 12.7. The fourth-order valence-corrected chi connectivity index (χ4v) is 2.30. The van der Waals surface area contributed by atoms with Gasteiger partial charge in [-0.15, -0.1) is 0 Å². The Morgan fingerprint density at radius 2 is 2.00 bits per heavy atom. The number of amides is 1. The molecule has 1 aromatic carbocycles. The predicted octanol–water partition coefficient (Wildman–Crippen LogP) is 3.13. The number of hydrogen-bond acceptors (Lipinski definition) is 2. The molecule has 0 saturated carbocycles. The number of aryl methyl sites for hydroxylation is 1. The van der Waals surface area contributed by atoms with Crippen LogP contribution in [-0.4, -0.2) is 5.91 Å². The number of nitrogens with one attached hydrogen (secondary N) is 1. The van der Waals surface area contributed by atoms with E-state index in [2.05, 4.69) is 5.32 Å². The summed E-state index contributed by atoms with van der Waals surface area (Å²) in [4.78, 5) is 11.7. The molecule has 1 amide bonds. The van der Waals surface area contributed by atoms with E-state index in [4.69, 9.17) is 0 Å².